The van der Waals surface area contributed by atoms with Gasteiger partial charge in [-0.25, -0.2) is 0 Å². The van der Waals surface area contributed by atoms with Crippen LogP contribution < -0.4 is 0 Å². The SMILES string of the molecule is CCCCCC(=O)CC1SCCCS1. The van der Waals surface area contributed by atoms with Gasteiger partial charge in [-0.2, -0.15) is 0 Å². The molecule has 0 aromatic rings. The summed E-state index contributed by atoms with van der Waals surface area (Å²) in [6.45, 7) is 2.18. The monoisotopic (exact) mass is 232 g/mol. The van der Waals surface area contributed by atoms with E-state index in [0.29, 0.717) is 10.4 Å². The molecule has 1 nitrogen and oxygen atoms in total. The maximum absolute atomic E-state index is 11.6. The van der Waals surface area contributed by atoms with E-state index in [1.807, 2.05) is 23.5 Å². The molecule has 0 bridgehead atoms. The fourth-order valence-electron chi connectivity index (χ4n) is 1.51. The minimum absolute atomic E-state index is 0.477. The highest BCUT2D eigenvalue weighted by molar-refractivity contribution is 8.17. The maximum Gasteiger partial charge on any atom is 0.134 e. The van der Waals surface area contributed by atoms with Crippen LogP contribution in [0.4, 0.5) is 0 Å². The fourth-order valence-corrected chi connectivity index (χ4v) is 4.41. The topological polar surface area (TPSA) is 17.1 Å². The summed E-state index contributed by atoms with van der Waals surface area (Å²) >= 11 is 3.95. The van der Waals surface area contributed by atoms with Crippen LogP contribution in [0.15, 0.2) is 0 Å². The zero-order valence-corrected chi connectivity index (χ0v) is 10.6. The molecule has 82 valence electrons. The largest absolute Gasteiger partial charge is 0.300 e. The van der Waals surface area contributed by atoms with Gasteiger partial charge in [0.1, 0.15) is 5.78 Å². The lowest BCUT2D eigenvalue weighted by molar-refractivity contribution is -0.118. The van der Waals surface area contributed by atoms with E-state index in [1.165, 1.54) is 30.8 Å². The van der Waals surface area contributed by atoms with Crippen LogP contribution in [0.1, 0.15) is 45.4 Å². The first-order valence-electron chi connectivity index (χ1n) is 5.58. The minimum atomic E-state index is 0.477. The van der Waals surface area contributed by atoms with E-state index in [4.69, 9.17) is 0 Å². The summed E-state index contributed by atoms with van der Waals surface area (Å²) in [4.78, 5) is 11.6. The average molecular weight is 232 g/mol. The number of hydrogen-bond donors (Lipinski definition) is 0. The number of unbranched alkanes of at least 4 members (excludes halogenated alkanes) is 2. The second-order valence-electron chi connectivity index (χ2n) is 3.72. The van der Waals surface area contributed by atoms with E-state index < -0.39 is 0 Å². The van der Waals surface area contributed by atoms with Crippen molar-refractivity contribution in [1.82, 2.24) is 0 Å². The minimum Gasteiger partial charge on any atom is -0.300 e. The van der Waals surface area contributed by atoms with Crippen molar-refractivity contribution >= 4 is 29.3 Å². The maximum atomic E-state index is 11.6. The lowest BCUT2D eigenvalue weighted by Crippen LogP contribution is -2.12. The molecule has 0 N–H and O–H groups in total. The number of thioether (sulfide) groups is 2. The Hall–Kier alpha value is 0.370. The molecule has 0 amide bonds. The molecule has 1 heterocycles. The van der Waals surface area contributed by atoms with E-state index in [-0.39, 0.29) is 0 Å². The van der Waals surface area contributed by atoms with E-state index in [1.54, 1.807) is 0 Å². The van der Waals surface area contributed by atoms with Gasteiger partial charge in [-0.05, 0) is 24.3 Å². The Morgan fingerprint density at radius 3 is 2.64 bits per heavy atom. The first-order chi connectivity index (χ1) is 6.83. The molecule has 0 spiro atoms. The van der Waals surface area contributed by atoms with Gasteiger partial charge in [-0.15, -0.1) is 23.5 Å². The second kappa shape index (κ2) is 7.63. The van der Waals surface area contributed by atoms with Crippen LogP contribution in [0.25, 0.3) is 0 Å². The van der Waals surface area contributed by atoms with E-state index >= 15 is 0 Å². The Morgan fingerprint density at radius 2 is 2.00 bits per heavy atom. The molecule has 0 aromatic carbocycles. The molecule has 1 aliphatic heterocycles. The van der Waals surface area contributed by atoms with Crippen molar-refractivity contribution < 1.29 is 4.79 Å². The van der Waals surface area contributed by atoms with Gasteiger partial charge in [-0.3, -0.25) is 4.79 Å². The van der Waals surface area contributed by atoms with E-state index in [2.05, 4.69) is 6.92 Å². The molecule has 1 saturated heterocycles. The Labute approximate surface area is 95.8 Å². The van der Waals surface area contributed by atoms with Crippen molar-refractivity contribution in [1.29, 1.82) is 0 Å². The van der Waals surface area contributed by atoms with Crippen LogP contribution in [0, 0.1) is 0 Å². The summed E-state index contributed by atoms with van der Waals surface area (Å²) < 4.78 is 0.567. The molecule has 0 atom stereocenters. The Bertz CT molecular complexity index is 165. The Kier molecular flexibility index (Phi) is 6.78. The quantitative estimate of drug-likeness (QED) is 0.650. The summed E-state index contributed by atoms with van der Waals surface area (Å²) in [6, 6.07) is 0. The fraction of sp³-hybridized carbons (Fsp3) is 0.909. The van der Waals surface area contributed by atoms with Crippen LogP contribution in [-0.2, 0) is 4.79 Å². The van der Waals surface area contributed by atoms with Crippen LogP contribution in [0.5, 0.6) is 0 Å². The third-order valence-electron chi connectivity index (χ3n) is 2.35. The van der Waals surface area contributed by atoms with Gasteiger partial charge < -0.3 is 0 Å². The molecule has 14 heavy (non-hydrogen) atoms. The van der Waals surface area contributed by atoms with Gasteiger partial charge in [0.25, 0.3) is 0 Å². The van der Waals surface area contributed by atoms with Crippen molar-refractivity contribution in [3.8, 4) is 0 Å². The second-order valence-corrected chi connectivity index (χ2v) is 6.64. The summed E-state index contributed by atoms with van der Waals surface area (Å²) in [5.74, 6) is 2.98. The lowest BCUT2D eigenvalue weighted by Gasteiger charge is -2.19. The van der Waals surface area contributed by atoms with Gasteiger partial charge in [0, 0.05) is 12.8 Å². The van der Waals surface area contributed by atoms with Crippen molar-refractivity contribution in [2.75, 3.05) is 11.5 Å². The van der Waals surface area contributed by atoms with E-state index in [9.17, 15) is 4.79 Å². The molecule has 1 rings (SSSR count). The van der Waals surface area contributed by atoms with E-state index in [0.717, 1.165) is 19.3 Å². The average Bonchev–Trinajstić information content (AvgIpc) is 2.20. The van der Waals surface area contributed by atoms with Gasteiger partial charge in [0.15, 0.2) is 0 Å². The van der Waals surface area contributed by atoms with Crippen LogP contribution >= 0.6 is 23.5 Å². The molecule has 1 fully saturated rings. The van der Waals surface area contributed by atoms with Crippen LogP contribution in [0.2, 0.25) is 0 Å². The van der Waals surface area contributed by atoms with Crippen molar-refractivity contribution in [3.63, 3.8) is 0 Å². The van der Waals surface area contributed by atoms with Crippen molar-refractivity contribution in [2.24, 2.45) is 0 Å². The molecule has 0 radical (unpaired) electrons. The Morgan fingerprint density at radius 1 is 1.29 bits per heavy atom. The molecule has 1 aliphatic rings. The number of Topliss-reactive ketones (excluding diaryl/α,β-unsaturated/α-hetero) is 1. The standard InChI is InChI=1S/C11H20OS2/c1-2-3-4-6-10(12)9-11-13-7-5-8-14-11/h11H,2-9H2,1H3. The first kappa shape index (κ1) is 12.4. The molecular formula is C11H20OS2. The van der Waals surface area contributed by atoms with Gasteiger partial charge in [0.2, 0.25) is 0 Å². The lowest BCUT2D eigenvalue weighted by atomic mass is 10.1. The summed E-state index contributed by atoms with van der Waals surface area (Å²) in [7, 11) is 0. The number of carbonyl (C=O) groups excluding carboxylic acids is 1. The summed E-state index contributed by atoms with van der Waals surface area (Å²) in [5, 5.41) is 0. The van der Waals surface area contributed by atoms with Gasteiger partial charge in [0.05, 0.1) is 4.58 Å². The Balaban J connectivity index is 2.06. The third kappa shape index (κ3) is 5.30. The predicted octanol–water partition coefficient (Wildman–Crippen LogP) is 3.72. The molecule has 0 saturated carbocycles. The van der Waals surface area contributed by atoms with Gasteiger partial charge in [-0.1, -0.05) is 19.8 Å². The highest BCUT2D eigenvalue weighted by Gasteiger charge is 2.17. The molecular weight excluding hydrogens is 212 g/mol. The molecule has 3 heteroatoms. The number of ketones is 1. The summed E-state index contributed by atoms with van der Waals surface area (Å²) in [5.41, 5.74) is 0. The molecule has 0 aliphatic carbocycles. The summed E-state index contributed by atoms with van der Waals surface area (Å²) in [6.07, 6.45) is 6.44. The predicted molar refractivity (Wildman–Crippen MR) is 67.1 cm³/mol. The van der Waals surface area contributed by atoms with Crippen LogP contribution in [-0.4, -0.2) is 21.9 Å². The highest BCUT2D eigenvalue weighted by atomic mass is 32.2. The molecule has 0 aromatic heterocycles. The zero-order valence-electron chi connectivity index (χ0n) is 8.96. The number of rotatable bonds is 6. The first-order valence-corrected chi connectivity index (χ1v) is 7.67. The third-order valence-corrected chi connectivity index (χ3v) is 5.29. The zero-order chi connectivity index (χ0) is 10.2. The normalized spacial score (nSPS) is 18.4. The smallest absolute Gasteiger partial charge is 0.134 e. The van der Waals surface area contributed by atoms with Crippen LogP contribution in [0.3, 0.4) is 0 Å². The van der Waals surface area contributed by atoms with Crippen molar-refractivity contribution in [3.05, 3.63) is 0 Å². The number of hydrogen-bond acceptors (Lipinski definition) is 3. The van der Waals surface area contributed by atoms with Gasteiger partial charge >= 0.3 is 0 Å². The van der Waals surface area contributed by atoms with Crippen molar-refractivity contribution in [2.45, 2.75) is 50.0 Å². The molecule has 0 unspecified atom stereocenters. The number of carbonyl (C=O) groups is 1. The highest BCUT2D eigenvalue weighted by Crippen LogP contribution is 2.33.